The summed E-state index contributed by atoms with van der Waals surface area (Å²) in [6, 6.07) is 6.41. The van der Waals surface area contributed by atoms with Gasteiger partial charge in [-0.05, 0) is 31.5 Å². The van der Waals surface area contributed by atoms with Gasteiger partial charge in [0.05, 0.1) is 6.61 Å². The van der Waals surface area contributed by atoms with Crippen molar-refractivity contribution in [1.82, 2.24) is 9.88 Å². The molecule has 82 valence electrons. The van der Waals surface area contributed by atoms with Crippen molar-refractivity contribution in [2.45, 2.75) is 25.3 Å². The Bertz CT molecular complexity index is 289. The third-order valence-corrected chi connectivity index (χ3v) is 3.09. The zero-order valence-corrected chi connectivity index (χ0v) is 8.97. The van der Waals surface area contributed by atoms with Gasteiger partial charge in [0.15, 0.2) is 0 Å². The van der Waals surface area contributed by atoms with Crippen molar-refractivity contribution in [3.05, 3.63) is 30.1 Å². The van der Waals surface area contributed by atoms with Crippen LogP contribution in [0.4, 0.5) is 0 Å². The molecule has 3 nitrogen and oxygen atoms in total. The Morgan fingerprint density at radius 3 is 3.13 bits per heavy atom. The van der Waals surface area contributed by atoms with Crippen molar-refractivity contribution in [2.75, 3.05) is 19.7 Å². The van der Waals surface area contributed by atoms with Gasteiger partial charge < -0.3 is 5.11 Å². The lowest BCUT2D eigenvalue weighted by molar-refractivity contribution is 0.160. The predicted molar refractivity (Wildman–Crippen MR) is 59.6 cm³/mol. The molecule has 3 heteroatoms. The Morgan fingerprint density at radius 2 is 2.40 bits per heavy atom. The lowest BCUT2D eigenvalue weighted by atomic mass is 10.2. The third-order valence-electron chi connectivity index (χ3n) is 3.09. The molecular formula is C12H18N2O. The van der Waals surface area contributed by atoms with Crippen molar-refractivity contribution in [2.24, 2.45) is 0 Å². The van der Waals surface area contributed by atoms with Gasteiger partial charge in [-0.3, -0.25) is 9.88 Å². The number of hydrogen-bond donors (Lipinski definition) is 1. The van der Waals surface area contributed by atoms with Crippen molar-refractivity contribution in [1.29, 1.82) is 0 Å². The summed E-state index contributed by atoms with van der Waals surface area (Å²) in [5.41, 5.74) is 1.14. The van der Waals surface area contributed by atoms with Crippen LogP contribution in [0.2, 0.25) is 0 Å². The lowest BCUT2D eigenvalue weighted by Gasteiger charge is -2.22. The number of hydrogen-bond acceptors (Lipinski definition) is 3. The summed E-state index contributed by atoms with van der Waals surface area (Å²) in [4.78, 5) is 6.67. The minimum Gasteiger partial charge on any atom is -0.395 e. The molecule has 0 spiro atoms. The standard InChI is InChI=1S/C12H18N2O/c15-10-12-5-3-8-14(12)9-6-11-4-1-2-7-13-11/h1-2,4,7,12,15H,3,5-6,8-10H2. The van der Waals surface area contributed by atoms with Gasteiger partial charge in [-0.1, -0.05) is 6.07 Å². The van der Waals surface area contributed by atoms with Crippen molar-refractivity contribution in [3.63, 3.8) is 0 Å². The molecule has 1 unspecified atom stereocenters. The van der Waals surface area contributed by atoms with Crippen LogP contribution in [0.5, 0.6) is 0 Å². The van der Waals surface area contributed by atoms with Crippen LogP contribution in [0.1, 0.15) is 18.5 Å². The molecular weight excluding hydrogens is 188 g/mol. The van der Waals surface area contributed by atoms with Crippen molar-refractivity contribution < 1.29 is 5.11 Å². The molecule has 1 saturated heterocycles. The Kier molecular flexibility index (Phi) is 3.69. The normalized spacial score (nSPS) is 22.1. The molecule has 1 N–H and O–H groups in total. The summed E-state index contributed by atoms with van der Waals surface area (Å²) in [5, 5.41) is 9.18. The maximum atomic E-state index is 9.18. The highest BCUT2D eigenvalue weighted by Crippen LogP contribution is 2.16. The van der Waals surface area contributed by atoms with E-state index in [1.54, 1.807) is 0 Å². The average Bonchev–Trinajstić information content (AvgIpc) is 2.75. The van der Waals surface area contributed by atoms with Gasteiger partial charge in [0.1, 0.15) is 0 Å². The highest BCUT2D eigenvalue weighted by Gasteiger charge is 2.22. The van der Waals surface area contributed by atoms with E-state index in [4.69, 9.17) is 0 Å². The minimum atomic E-state index is 0.294. The number of likely N-dealkylation sites (tertiary alicyclic amines) is 1. The Balaban J connectivity index is 1.83. The van der Waals surface area contributed by atoms with E-state index in [-0.39, 0.29) is 0 Å². The SMILES string of the molecule is OCC1CCCN1CCc1ccccn1. The predicted octanol–water partition coefficient (Wildman–Crippen LogP) is 1.08. The number of pyridine rings is 1. The second kappa shape index (κ2) is 5.24. The largest absolute Gasteiger partial charge is 0.395 e. The summed E-state index contributed by atoms with van der Waals surface area (Å²) < 4.78 is 0. The van der Waals surface area contributed by atoms with Gasteiger partial charge in [-0.2, -0.15) is 0 Å². The molecule has 1 aromatic rings. The summed E-state index contributed by atoms with van der Waals surface area (Å²) in [7, 11) is 0. The van der Waals surface area contributed by atoms with Crippen LogP contribution in [0.25, 0.3) is 0 Å². The van der Waals surface area contributed by atoms with Crippen LogP contribution in [0.3, 0.4) is 0 Å². The minimum absolute atomic E-state index is 0.294. The van der Waals surface area contributed by atoms with Gasteiger partial charge in [0.2, 0.25) is 0 Å². The van der Waals surface area contributed by atoms with Crippen molar-refractivity contribution in [3.8, 4) is 0 Å². The van der Waals surface area contributed by atoms with E-state index >= 15 is 0 Å². The molecule has 0 saturated carbocycles. The number of aromatic nitrogens is 1. The molecule has 0 aromatic carbocycles. The molecule has 2 heterocycles. The summed E-state index contributed by atoms with van der Waals surface area (Å²) in [6.45, 7) is 2.43. The fourth-order valence-electron chi connectivity index (χ4n) is 2.20. The molecule has 1 atom stereocenters. The zero-order valence-electron chi connectivity index (χ0n) is 8.97. The zero-order chi connectivity index (χ0) is 10.5. The highest BCUT2D eigenvalue weighted by molar-refractivity contribution is 5.04. The molecule has 1 aliphatic heterocycles. The second-order valence-corrected chi connectivity index (χ2v) is 4.09. The van der Waals surface area contributed by atoms with Gasteiger partial charge in [0.25, 0.3) is 0 Å². The fraction of sp³-hybridized carbons (Fsp3) is 0.583. The number of nitrogens with zero attached hydrogens (tertiary/aromatic N) is 2. The Morgan fingerprint density at radius 1 is 1.47 bits per heavy atom. The smallest absolute Gasteiger partial charge is 0.0586 e. The fourth-order valence-corrected chi connectivity index (χ4v) is 2.20. The van der Waals surface area contributed by atoms with E-state index in [2.05, 4.69) is 16.0 Å². The third kappa shape index (κ3) is 2.76. The summed E-state index contributed by atoms with van der Waals surface area (Å²) in [6.07, 6.45) is 5.17. The highest BCUT2D eigenvalue weighted by atomic mass is 16.3. The van der Waals surface area contributed by atoms with Crippen LogP contribution in [0.15, 0.2) is 24.4 Å². The maximum Gasteiger partial charge on any atom is 0.0586 e. The van der Waals surface area contributed by atoms with Crippen LogP contribution in [0, 0.1) is 0 Å². The van der Waals surface area contributed by atoms with E-state index in [9.17, 15) is 5.11 Å². The van der Waals surface area contributed by atoms with E-state index in [0.29, 0.717) is 12.6 Å². The Hall–Kier alpha value is -0.930. The van der Waals surface area contributed by atoms with Gasteiger partial charge in [0, 0.05) is 30.9 Å². The van der Waals surface area contributed by atoms with E-state index in [1.165, 1.54) is 6.42 Å². The molecule has 0 amide bonds. The van der Waals surface area contributed by atoms with E-state index in [1.807, 2.05) is 18.3 Å². The first-order valence-corrected chi connectivity index (χ1v) is 5.65. The van der Waals surface area contributed by atoms with Crippen LogP contribution in [-0.2, 0) is 6.42 Å². The molecule has 2 rings (SSSR count). The van der Waals surface area contributed by atoms with Crippen molar-refractivity contribution >= 4 is 0 Å². The lowest BCUT2D eigenvalue weighted by Crippen LogP contribution is -2.33. The quantitative estimate of drug-likeness (QED) is 0.801. The topological polar surface area (TPSA) is 36.4 Å². The molecule has 0 aliphatic carbocycles. The Labute approximate surface area is 90.8 Å². The summed E-state index contributed by atoms with van der Waals surface area (Å²) in [5.74, 6) is 0. The second-order valence-electron chi connectivity index (χ2n) is 4.09. The molecule has 0 bridgehead atoms. The number of aliphatic hydroxyl groups excluding tert-OH is 1. The molecule has 15 heavy (non-hydrogen) atoms. The first-order valence-electron chi connectivity index (χ1n) is 5.65. The van der Waals surface area contributed by atoms with Crippen LogP contribution in [-0.4, -0.2) is 40.7 Å². The van der Waals surface area contributed by atoms with E-state index in [0.717, 1.165) is 31.6 Å². The molecule has 1 aliphatic rings. The average molecular weight is 206 g/mol. The first kappa shape index (κ1) is 10.6. The molecule has 1 aromatic heterocycles. The van der Waals surface area contributed by atoms with Crippen LogP contribution < -0.4 is 0 Å². The number of aliphatic hydroxyl groups is 1. The number of rotatable bonds is 4. The molecule has 0 radical (unpaired) electrons. The van der Waals surface area contributed by atoms with Gasteiger partial charge >= 0.3 is 0 Å². The summed E-state index contributed by atoms with van der Waals surface area (Å²) >= 11 is 0. The van der Waals surface area contributed by atoms with Gasteiger partial charge in [-0.15, -0.1) is 0 Å². The van der Waals surface area contributed by atoms with E-state index < -0.39 is 0 Å². The van der Waals surface area contributed by atoms with Crippen LogP contribution >= 0.6 is 0 Å². The van der Waals surface area contributed by atoms with Gasteiger partial charge in [-0.25, -0.2) is 0 Å². The first-order chi connectivity index (χ1) is 7.40. The maximum absolute atomic E-state index is 9.18. The monoisotopic (exact) mass is 206 g/mol. The molecule has 1 fully saturated rings.